The first-order valence-electron chi connectivity index (χ1n) is 6.83. The van der Waals surface area contributed by atoms with Crippen LogP contribution in [0.3, 0.4) is 0 Å². The minimum Gasteiger partial charge on any atom is -0.240 e. The van der Waals surface area contributed by atoms with Gasteiger partial charge < -0.3 is 0 Å². The van der Waals surface area contributed by atoms with Gasteiger partial charge in [0.15, 0.2) is 0 Å². The summed E-state index contributed by atoms with van der Waals surface area (Å²) in [6.45, 7) is 3.68. The molecule has 1 atom stereocenters. The summed E-state index contributed by atoms with van der Waals surface area (Å²) in [5.74, 6) is 0. The lowest BCUT2D eigenvalue weighted by atomic mass is 10.2. The Morgan fingerprint density at radius 1 is 1.36 bits per heavy atom. The summed E-state index contributed by atoms with van der Waals surface area (Å²) in [4.78, 5) is 0.111. The Balaban J connectivity index is 2.31. The number of hydrogen-bond donors (Lipinski definition) is 0. The van der Waals surface area contributed by atoms with Crippen molar-refractivity contribution in [1.29, 1.82) is 5.26 Å². The van der Waals surface area contributed by atoms with E-state index in [1.165, 1.54) is 28.4 Å². The van der Waals surface area contributed by atoms with E-state index in [0.29, 0.717) is 0 Å². The molecule has 7 heteroatoms. The molecule has 2 rings (SSSR count). The van der Waals surface area contributed by atoms with Gasteiger partial charge >= 0.3 is 0 Å². The fraction of sp³-hybridized carbons (Fsp3) is 0.333. The monoisotopic (exact) mass is 318 g/mol. The summed E-state index contributed by atoms with van der Waals surface area (Å²) < 4.78 is 27.7. The number of rotatable bonds is 5. The first-order chi connectivity index (χ1) is 10.4. The first kappa shape index (κ1) is 16.2. The smallest absolute Gasteiger partial charge is 0.240 e. The highest BCUT2D eigenvalue weighted by atomic mass is 32.2. The Hall–Kier alpha value is -2.17. The fourth-order valence-electron chi connectivity index (χ4n) is 1.94. The van der Waals surface area contributed by atoms with E-state index in [-0.39, 0.29) is 11.3 Å². The highest BCUT2D eigenvalue weighted by Crippen LogP contribution is 2.19. The summed E-state index contributed by atoms with van der Waals surface area (Å²) in [6, 6.07) is 9.22. The lowest BCUT2D eigenvalue weighted by Gasteiger charge is -2.21. The van der Waals surface area contributed by atoms with Gasteiger partial charge in [0.05, 0.1) is 30.6 Å². The molecule has 0 saturated heterocycles. The molecule has 0 aliphatic heterocycles. The average molecular weight is 318 g/mol. The second kappa shape index (κ2) is 6.30. The Labute approximate surface area is 130 Å². The molecule has 0 amide bonds. The second-order valence-electron chi connectivity index (χ2n) is 5.19. The van der Waals surface area contributed by atoms with Crippen LogP contribution in [-0.2, 0) is 10.0 Å². The van der Waals surface area contributed by atoms with Gasteiger partial charge in [-0.15, -0.1) is 0 Å². The van der Waals surface area contributed by atoms with Crippen molar-refractivity contribution in [2.45, 2.75) is 31.2 Å². The number of aryl methyl sites for hydroxylation is 1. The lowest BCUT2D eigenvalue weighted by Crippen LogP contribution is -2.34. The molecule has 1 heterocycles. The third-order valence-electron chi connectivity index (χ3n) is 3.54. The number of nitrogens with zero attached hydrogens (tertiary/aromatic N) is 4. The van der Waals surface area contributed by atoms with Gasteiger partial charge in [-0.25, -0.2) is 13.1 Å². The summed E-state index contributed by atoms with van der Waals surface area (Å²) in [7, 11) is -2.18. The summed E-state index contributed by atoms with van der Waals surface area (Å²) >= 11 is 0. The Kier molecular flexibility index (Phi) is 4.64. The molecule has 116 valence electrons. The zero-order valence-electron chi connectivity index (χ0n) is 12.8. The van der Waals surface area contributed by atoms with Crippen molar-refractivity contribution in [2.75, 3.05) is 7.05 Å². The van der Waals surface area contributed by atoms with Gasteiger partial charge in [-0.1, -0.05) is 17.7 Å². The molecule has 0 aliphatic rings. The first-order valence-corrected chi connectivity index (χ1v) is 8.27. The largest absolute Gasteiger partial charge is 0.246 e. The van der Waals surface area contributed by atoms with Crippen LogP contribution in [0, 0.1) is 18.3 Å². The number of sulfonamides is 1. The maximum Gasteiger partial charge on any atom is 0.246 e. The molecule has 0 saturated carbocycles. The highest BCUT2D eigenvalue weighted by Gasteiger charge is 2.26. The quantitative estimate of drug-likeness (QED) is 0.845. The van der Waals surface area contributed by atoms with Crippen molar-refractivity contribution >= 4 is 10.0 Å². The molecule has 1 aromatic heterocycles. The molecule has 0 fully saturated rings. The second-order valence-corrected chi connectivity index (χ2v) is 7.19. The van der Waals surface area contributed by atoms with Crippen molar-refractivity contribution in [3.05, 3.63) is 42.2 Å². The van der Waals surface area contributed by atoms with Gasteiger partial charge in [0.1, 0.15) is 4.90 Å². The van der Waals surface area contributed by atoms with E-state index >= 15 is 0 Å². The van der Waals surface area contributed by atoms with Gasteiger partial charge in [-0.3, -0.25) is 0 Å². The lowest BCUT2D eigenvalue weighted by molar-refractivity contribution is 0.393. The van der Waals surface area contributed by atoms with Crippen molar-refractivity contribution in [3.63, 3.8) is 0 Å². The summed E-state index contributed by atoms with van der Waals surface area (Å²) in [5, 5.41) is 12.8. The predicted octanol–water partition coefficient (Wildman–Crippen LogP) is 2.10. The van der Waals surface area contributed by atoms with Crippen LogP contribution in [0.4, 0.5) is 0 Å². The highest BCUT2D eigenvalue weighted by molar-refractivity contribution is 7.89. The Bertz CT molecular complexity index is 788. The molecule has 0 radical (unpaired) electrons. The summed E-state index contributed by atoms with van der Waals surface area (Å²) in [5.41, 5.74) is 1.91. The third kappa shape index (κ3) is 3.18. The van der Waals surface area contributed by atoms with Crippen LogP contribution >= 0.6 is 0 Å². The SMILES string of the molecule is Cc1ccc(-n2cc(S(=O)(=O)N(C)C(C)CC#N)cn2)cc1. The zero-order chi connectivity index (χ0) is 16.3. The van der Waals surface area contributed by atoms with E-state index in [1.54, 1.807) is 6.92 Å². The number of hydrogen-bond acceptors (Lipinski definition) is 4. The van der Waals surface area contributed by atoms with Crippen molar-refractivity contribution in [3.8, 4) is 11.8 Å². The van der Waals surface area contributed by atoms with Crippen LogP contribution in [0.5, 0.6) is 0 Å². The molecule has 0 aliphatic carbocycles. The molecule has 1 unspecified atom stereocenters. The molecule has 1 aromatic carbocycles. The number of benzene rings is 1. The minimum atomic E-state index is -3.66. The molecule has 0 N–H and O–H groups in total. The van der Waals surface area contributed by atoms with Gasteiger partial charge in [-0.05, 0) is 26.0 Å². The topological polar surface area (TPSA) is 79.0 Å². The predicted molar refractivity (Wildman–Crippen MR) is 82.9 cm³/mol. The van der Waals surface area contributed by atoms with Crippen LogP contribution in [-0.4, -0.2) is 35.6 Å². The van der Waals surface area contributed by atoms with E-state index < -0.39 is 16.1 Å². The molecule has 2 aromatic rings. The fourth-order valence-corrected chi connectivity index (χ4v) is 3.24. The maximum atomic E-state index is 12.5. The molecule has 6 nitrogen and oxygen atoms in total. The Morgan fingerprint density at radius 3 is 2.59 bits per heavy atom. The van der Waals surface area contributed by atoms with E-state index in [1.807, 2.05) is 37.3 Å². The minimum absolute atomic E-state index is 0.111. The molecule has 22 heavy (non-hydrogen) atoms. The summed E-state index contributed by atoms with van der Waals surface area (Å²) in [6.07, 6.45) is 2.95. The average Bonchev–Trinajstić information content (AvgIpc) is 2.98. The molecule has 0 spiro atoms. The molecular formula is C15H18N4O2S. The number of nitriles is 1. The molecular weight excluding hydrogens is 300 g/mol. The van der Waals surface area contributed by atoms with Crippen molar-refractivity contribution in [2.24, 2.45) is 0 Å². The van der Waals surface area contributed by atoms with Gasteiger partial charge in [-0.2, -0.15) is 14.7 Å². The van der Waals surface area contributed by atoms with E-state index in [9.17, 15) is 8.42 Å². The van der Waals surface area contributed by atoms with E-state index in [4.69, 9.17) is 5.26 Å². The van der Waals surface area contributed by atoms with Gasteiger partial charge in [0.25, 0.3) is 0 Å². The van der Waals surface area contributed by atoms with E-state index in [2.05, 4.69) is 5.10 Å². The van der Waals surface area contributed by atoms with Crippen LogP contribution in [0.15, 0.2) is 41.6 Å². The van der Waals surface area contributed by atoms with Crippen molar-refractivity contribution < 1.29 is 8.42 Å². The Morgan fingerprint density at radius 2 is 2.00 bits per heavy atom. The van der Waals surface area contributed by atoms with Crippen LogP contribution in [0.1, 0.15) is 18.9 Å². The van der Waals surface area contributed by atoms with Crippen LogP contribution < -0.4 is 0 Å². The third-order valence-corrected chi connectivity index (χ3v) is 5.47. The van der Waals surface area contributed by atoms with Crippen molar-refractivity contribution in [1.82, 2.24) is 14.1 Å². The van der Waals surface area contributed by atoms with E-state index in [0.717, 1.165) is 11.3 Å². The zero-order valence-corrected chi connectivity index (χ0v) is 13.6. The van der Waals surface area contributed by atoms with Gasteiger partial charge in [0, 0.05) is 13.1 Å². The van der Waals surface area contributed by atoms with Gasteiger partial charge in [0.2, 0.25) is 10.0 Å². The standard InChI is InChI=1S/C15H18N4O2S/c1-12-4-6-14(7-5-12)19-11-15(10-17-19)22(20,21)18(3)13(2)8-9-16/h4-7,10-11,13H,8H2,1-3H3. The van der Waals surface area contributed by atoms with Crippen LogP contribution in [0.2, 0.25) is 0 Å². The molecule has 0 bridgehead atoms. The van der Waals surface area contributed by atoms with Crippen LogP contribution in [0.25, 0.3) is 5.69 Å². The normalized spacial score (nSPS) is 13.0. The maximum absolute atomic E-state index is 12.5. The number of aromatic nitrogens is 2.